The van der Waals surface area contributed by atoms with Gasteiger partial charge in [0.25, 0.3) is 5.56 Å². The van der Waals surface area contributed by atoms with Crippen LogP contribution in [0.5, 0.6) is 5.88 Å². The van der Waals surface area contributed by atoms with E-state index in [1.54, 1.807) is 0 Å². The van der Waals surface area contributed by atoms with Crippen LogP contribution in [0.3, 0.4) is 0 Å². The normalized spacial score (nSPS) is 7.04. The number of hydrogen-bond acceptors (Lipinski definition) is 12. The third kappa shape index (κ3) is 19.2. The Balaban J connectivity index is 4.81. The molecule has 0 radical (unpaired) electrons. The molecule has 0 aliphatic rings. The van der Waals surface area contributed by atoms with Crippen LogP contribution in [-0.2, 0) is 14.5 Å². The number of terminal acetylenes is 6. The zero-order valence-electron chi connectivity index (χ0n) is 34.5. The maximum atomic E-state index is 14.6. The highest BCUT2D eigenvalue weighted by atomic mass is 16.7. The van der Waals surface area contributed by atoms with E-state index in [-0.39, 0.29) is 9.13 Å². The molecule has 0 saturated carbocycles. The van der Waals surface area contributed by atoms with Gasteiger partial charge in [-0.05, 0) is 178 Å². The first-order valence-electron chi connectivity index (χ1n) is 17.0. The van der Waals surface area contributed by atoms with Crippen molar-refractivity contribution in [2.75, 3.05) is 0 Å². The Morgan fingerprint density at radius 1 is 0.493 bits per heavy atom. The molecular formula is C52H16N8O9. The molecule has 0 spiro atoms. The van der Waals surface area contributed by atoms with Gasteiger partial charge in [0.1, 0.15) is 11.3 Å². The molecule has 0 bridgehead atoms. The first kappa shape index (κ1) is 53.6. The zero-order chi connectivity index (χ0) is 51.2. The second-order valence-corrected chi connectivity index (χ2v) is 9.88. The summed E-state index contributed by atoms with van der Waals surface area (Å²) in [6, 6.07) is 0. The molecule has 17 nitrogen and oxygen atoms in total. The van der Waals surface area contributed by atoms with Crippen molar-refractivity contribution in [3.8, 4) is 151 Å². The van der Waals surface area contributed by atoms with Crippen LogP contribution in [0.1, 0.15) is 5.56 Å². The number of aromatic hydroxyl groups is 1. The van der Waals surface area contributed by atoms with Gasteiger partial charge in [-0.15, -0.1) is 38.5 Å². The predicted octanol–water partition coefficient (Wildman–Crippen LogP) is 1.47. The number of nitrogens with one attached hydrogen (secondary N) is 3. The van der Waals surface area contributed by atoms with Gasteiger partial charge in [-0.25, -0.2) is 28.3 Å². The van der Waals surface area contributed by atoms with Gasteiger partial charge in [0, 0.05) is 0 Å². The molecule has 1 aromatic heterocycles. The number of carbonyl (C=O) groups is 3. The minimum atomic E-state index is -1.74. The predicted molar refractivity (Wildman–Crippen MR) is 249 cm³/mol. The monoisotopic (exact) mass is 896 g/mol. The molecule has 1 rings (SSSR count). The molecule has 3 amide bonds. The van der Waals surface area contributed by atoms with Crippen molar-refractivity contribution in [2.45, 2.75) is 0 Å². The molecule has 0 saturated heterocycles. The largest absolute Gasteiger partial charge is 0.493 e. The summed E-state index contributed by atoms with van der Waals surface area (Å²) in [6.45, 7) is 9.89. The van der Waals surface area contributed by atoms with E-state index in [4.69, 9.17) is 53.1 Å². The summed E-state index contributed by atoms with van der Waals surface area (Å²) in [5.74, 6) is 34.9. The van der Waals surface area contributed by atoms with E-state index in [2.05, 4.69) is 175 Å². The van der Waals surface area contributed by atoms with Crippen molar-refractivity contribution in [2.24, 2.45) is 15.5 Å². The van der Waals surface area contributed by atoms with Crippen molar-refractivity contribution in [1.82, 2.24) is 25.1 Å². The molecule has 0 unspecified atom stereocenters. The number of oxime groups is 3. The number of hydrogen-bond donors (Lipinski definition) is 4. The van der Waals surface area contributed by atoms with Crippen molar-refractivity contribution >= 4 is 52.8 Å². The lowest BCUT2D eigenvalue weighted by Crippen LogP contribution is -2.46. The Bertz CT molecular complexity index is 3600. The topological polar surface area (TPSA) is 216 Å². The highest BCUT2D eigenvalue weighted by molar-refractivity contribution is 6.14. The second kappa shape index (κ2) is 31.5. The molecular weight excluding hydrogens is 881 g/mol. The molecule has 0 atom stereocenters. The Hall–Kier alpha value is -13.4. The Morgan fingerprint density at radius 3 is 1.14 bits per heavy atom. The summed E-state index contributed by atoms with van der Waals surface area (Å²) in [5, 5.41) is 28.1. The van der Waals surface area contributed by atoms with Crippen molar-refractivity contribution in [3.05, 3.63) is 115 Å². The van der Waals surface area contributed by atoms with E-state index in [0.717, 1.165) is 0 Å². The summed E-state index contributed by atoms with van der Waals surface area (Å²) >= 11 is 0. The molecule has 69 heavy (non-hydrogen) atoms. The van der Waals surface area contributed by atoms with Gasteiger partial charge in [-0.2, -0.15) is 0 Å². The maximum Gasteiger partial charge on any atom is 0.439 e. The Morgan fingerprint density at radius 2 is 0.812 bits per heavy atom. The highest BCUT2D eigenvalue weighted by Crippen LogP contribution is 2.21. The first-order valence-corrected chi connectivity index (χ1v) is 17.0. The Kier molecular flexibility index (Phi) is 24.5. The maximum absolute atomic E-state index is 14.6. The van der Waals surface area contributed by atoms with Gasteiger partial charge in [0.15, 0.2) is 11.6 Å². The van der Waals surface area contributed by atoms with Crippen LogP contribution in [0.2, 0.25) is 0 Å². The van der Waals surface area contributed by atoms with Gasteiger partial charge in [0.05, 0.1) is 0 Å². The molecule has 318 valence electrons. The van der Waals surface area contributed by atoms with E-state index < -0.39 is 75.4 Å². The first-order chi connectivity index (χ1) is 33.4. The van der Waals surface area contributed by atoms with Crippen LogP contribution in [0.25, 0.3) is 17.3 Å². The fourth-order valence-electron chi connectivity index (χ4n) is 3.49. The molecule has 1 heterocycles. The van der Waals surface area contributed by atoms with E-state index in [1.165, 1.54) is 0 Å². The zero-order valence-corrected chi connectivity index (χ0v) is 34.5. The van der Waals surface area contributed by atoms with Crippen LogP contribution >= 0.6 is 0 Å². The number of rotatable bonds is 9. The van der Waals surface area contributed by atoms with Crippen molar-refractivity contribution in [1.29, 1.82) is 0 Å². The average Bonchev–Trinajstić information content (AvgIpc) is 3.33. The lowest BCUT2D eigenvalue weighted by Gasteiger charge is -2.17. The summed E-state index contributed by atoms with van der Waals surface area (Å²) < 4.78 is 0.100. The summed E-state index contributed by atoms with van der Waals surface area (Å²) in [5.41, 5.74) is 19.4. The average molecular weight is 897 g/mol. The van der Waals surface area contributed by atoms with Crippen molar-refractivity contribution in [3.63, 3.8) is 0 Å². The fraction of sp³-hybridized carbons (Fsp3) is 0. The van der Waals surface area contributed by atoms with Crippen LogP contribution in [0.15, 0.2) is 114 Å². The van der Waals surface area contributed by atoms with E-state index in [1.807, 2.05) is 51.5 Å². The second-order valence-electron chi connectivity index (χ2n) is 9.88. The van der Waals surface area contributed by atoms with Crippen LogP contribution in [0, 0.1) is 145 Å². The summed E-state index contributed by atoms with van der Waals surface area (Å²) in [7, 11) is 0. The van der Waals surface area contributed by atoms with Gasteiger partial charge < -0.3 is 5.11 Å². The molecule has 0 fully saturated rings. The Labute approximate surface area is 392 Å². The van der Waals surface area contributed by atoms with Crippen molar-refractivity contribution < 1.29 is 34.0 Å². The van der Waals surface area contributed by atoms with E-state index in [9.17, 15) is 29.1 Å². The van der Waals surface area contributed by atoms with Gasteiger partial charge in [-0.1, -0.05) is 32.7 Å². The molecule has 0 aliphatic heterocycles. The van der Waals surface area contributed by atoms with E-state index >= 15 is 0 Å². The van der Waals surface area contributed by atoms with E-state index in [0.29, 0.717) is 0 Å². The quantitative estimate of drug-likeness (QED) is 0.0928. The lowest BCUT2D eigenvalue weighted by atomic mass is 10.2. The SMILES string of the molecule is C#CC#CC(C#CC#C)=NOC(=O)NC(=C=C=C=C=C)c1c(O)n(C(=C=C=C=C=C)NC(=O)ON=C(C#CC#C)C#CC#C)c(=O)n(C(=C=C=C=C=C)NC(=O)ON=C(C#CC#C)C#CC#C)c1=O. The van der Waals surface area contributed by atoms with Gasteiger partial charge in [0.2, 0.25) is 23.0 Å². The fourth-order valence-corrected chi connectivity index (χ4v) is 3.49. The number of aromatic nitrogens is 2. The standard InChI is InChI=1S/C52H16N8O9/c1-10-19-28-37-43(53-49(63)67-56-40(31-22-13-4)32-23-14-5)46-47(61)59(44(38-29-20-11-2)54-50(64)68-57-41(33-24-15-6)34-25-16-7)52(66)60(48(46)62)45(39-30-21-12-3)55-51(65)69-58-42(35-26-17-8)36-27-18-9/h4-9,61H,1-3H2,(H,53,63)(H,54,64)(H,55,65). The minimum Gasteiger partial charge on any atom is -0.493 e. The minimum absolute atomic E-state index is 0.0145. The van der Waals surface area contributed by atoms with Crippen LogP contribution < -0.4 is 27.2 Å². The van der Waals surface area contributed by atoms with Gasteiger partial charge >= 0.3 is 24.0 Å². The number of carbonyl (C=O) groups excluding carboxylic acids is 3. The smallest absolute Gasteiger partial charge is 0.439 e. The number of nitrogens with zero attached hydrogens (tertiary/aromatic N) is 5. The molecule has 17 heteroatoms. The third-order valence-corrected chi connectivity index (χ3v) is 5.78. The summed E-state index contributed by atoms with van der Waals surface area (Å²) in [6.07, 6.45) is 26.0. The van der Waals surface area contributed by atoms with Crippen LogP contribution in [-0.4, -0.2) is 49.7 Å². The highest BCUT2D eigenvalue weighted by Gasteiger charge is 2.29. The van der Waals surface area contributed by atoms with Gasteiger partial charge in [-0.3, -0.25) is 35.3 Å². The molecule has 0 aliphatic carbocycles. The lowest BCUT2D eigenvalue weighted by molar-refractivity contribution is 0.154. The molecule has 0 aromatic carbocycles. The molecule has 4 N–H and O–H groups in total. The molecule has 1 aromatic rings. The third-order valence-electron chi connectivity index (χ3n) is 5.78. The van der Waals surface area contributed by atoms with Crippen LogP contribution in [0.4, 0.5) is 14.4 Å². The number of amides is 3. The summed E-state index contributed by atoms with van der Waals surface area (Å²) in [4.78, 5) is 83.2.